The van der Waals surface area contributed by atoms with Gasteiger partial charge in [-0.2, -0.15) is 0 Å². The smallest absolute Gasteiger partial charge is 0.143 e. The van der Waals surface area contributed by atoms with Crippen LogP contribution >= 0.6 is 0 Å². The molecule has 0 aliphatic heterocycles. The zero-order chi connectivity index (χ0) is 45.4. The van der Waals surface area contributed by atoms with Crippen molar-refractivity contribution in [2.45, 2.75) is 0 Å². The molecule has 322 valence electrons. The highest BCUT2D eigenvalue weighted by molar-refractivity contribution is 6.17. The third-order valence-electron chi connectivity index (χ3n) is 14.1. The van der Waals surface area contributed by atoms with Gasteiger partial charge in [-0.3, -0.25) is 0 Å². The minimum atomic E-state index is 0.866. The molecule has 0 amide bonds. The highest BCUT2D eigenvalue weighted by Gasteiger charge is 2.22. The summed E-state index contributed by atoms with van der Waals surface area (Å²) in [5, 5.41) is 12.0. The Bertz CT molecular complexity index is 4260. The highest BCUT2D eigenvalue weighted by atomic mass is 16.3. The number of fused-ring (bicyclic) bond motifs is 11. The molecule has 12 aromatic carbocycles. The van der Waals surface area contributed by atoms with Crippen LogP contribution in [-0.4, -0.2) is 4.57 Å². The molecule has 0 saturated heterocycles. The summed E-state index contributed by atoms with van der Waals surface area (Å²) in [5.41, 5.74) is 15.4. The quantitative estimate of drug-likeness (QED) is 0.149. The summed E-state index contributed by atoms with van der Waals surface area (Å²) in [4.78, 5) is 2.42. The predicted octanol–water partition coefficient (Wildman–Crippen LogP) is 18.6. The lowest BCUT2D eigenvalue weighted by Crippen LogP contribution is -2.11. The van der Waals surface area contributed by atoms with Crippen LogP contribution in [0.3, 0.4) is 0 Å². The van der Waals surface area contributed by atoms with Crippen molar-refractivity contribution in [1.29, 1.82) is 0 Å². The van der Waals surface area contributed by atoms with E-state index < -0.39 is 0 Å². The molecule has 2 aromatic heterocycles. The van der Waals surface area contributed by atoms with Crippen molar-refractivity contribution < 1.29 is 4.42 Å². The van der Waals surface area contributed by atoms with Gasteiger partial charge in [0.05, 0.1) is 16.7 Å². The molecule has 0 fully saturated rings. The second-order valence-corrected chi connectivity index (χ2v) is 18.0. The van der Waals surface area contributed by atoms with Gasteiger partial charge in [0.2, 0.25) is 0 Å². The Balaban J connectivity index is 0.954. The van der Waals surface area contributed by atoms with Gasteiger partial charge in [-0.25, -0.2) is 0 Å². The van der Waals surface area contributed by atoms with Gasteiger partial charge in [-0.05, 0) is 134 Å². The third-order valence-corrected chi connectivity index (χ3v) is 14.1. The van der Waals surface area contributed by atoms with Crippen molar-refractivity contribution in [3.05, 3.63) is 255 Å². The van der Waals surface area contributed by atoms with E-state index >= 15 is 0 Å². The van der Waals surface area contributed by atoms with E-state index in [4.69, 9.17) is 4.42 Å². The molecule has 3 nitrogen and oxygen atoms in total. The number of hydrogen-bond acceptors (Lipinski definition) is 2. The van der Waals surface area contributed by atoms with Gasteiger partial charge in [-0.1, -0.05) is 176 Å². The summed E-state index contributed by atoms with van der Waals surface area (Å²) in [7, 11) is 0. The molecule has 0 unspecified atom stereocenters. The minimum Gasteiger partial charge on any atom is -0.455 e. The fourth-order valence-electron chi connectivity index (χ4n) is 10.9. The molecular formula is C66H42N2O. The van der Waals surface area contributed by atoms with Gasteiger partial charge in [0.15, 0.2) is 0 Å². The van der Waals surface area contributed by atoms with Gasteiger partial charge in [0.1, 0.15) is 11.2 Å². The molecule has 0 spiro atoms. The average molecular weight is 879 g/mol. The Morgan fingerprint density at radius 3 is 1.71 bits per heavy atom. The van der Waals surface area contributed by atoms with Crippen LogP contribution in [0.25, 0.3) is 115 Å². The summed E-state index contributed by atoms with van der Waals surface area (Å²) >= 11 is 0. The van der Waals surface area contributed by atoms with E-state index in [-0.39, 0.29) is 0 Å². The zero-order valence-corrected chi connectivity index (χ0v) is 37.6. The Morgan fingerprint density at radius 1 is 0.304 bits per heavy atom. The van der Waals surface area contributed by atoms with E-state index in [1.165, 1.54) is 59.9 Å². The molecule has 0 atom stereocenters. The Hall–Kier alpha value is -9.18. The van der Waals surface area contributed by atoms with E-state index in [0.717, 1.165) is 72.3 Å². The molecule has 0 N–H and O–H groups in total. The average Bonchev–Trinajstić information content (AvgIpc) is 3.97. The van der Waals surface area contributed by atoms with Crippen LogP contribution in [0.2, 0.25) is 0 Å². The standard InChI is InChI=1S/C66H42N2O/c1-2-15-44(16-3-1)60-41-48(59-40-47-18-5-6-21-52(47)54-23-8-9-24-55(54)59)32-37-64(60)67(51-35-38-65-61(42-51)58-36-31-45-17-4-7-22-53(45)66(58)69-65)49-33-29-43(30-34-49)46-19-14-20-50(39-46)68-62-27-12-10-25-56(62)57-26-11-13-28-63(57)68/h1-42H. The Kier molecular flexibility index (Phi) is 8.90. The normalized spacial score (nSPS) is 11.8. The second-order valence-electron chi connectivity index (χ2n) is 18.0. The van der Waals surface area contributed by atoms with Gasteiger partial charge in [0.25, 0.3) is 0 Å². The maximum atomic E-state index is 6.66. The van der Waals surface area contributed by atoms with Crippen molar-refractivity contribution in [2.24, 2.45) is 0 Å². The number of anilines is 3. The summed E-state index contributed by atoms with van der Waals surface area (Å²) in [6.07, 6.45) is 0. The molecule has 2 heterocycles. The summed E-state index contributed by atoms with van der Waals surface area (Å²) < 4.78 is 9.05. The van der Waals surface area contributed by atoms with E-state index in [2.05, 4.69) is 264 Å². The lowest BCUT2D eigenvalue weighted by molar-refractivity contribution is 0.672. The number of benzene rings is 12. The van der Waals surface area contributed by atoms with Crippen LogP contribution in [-0.2, 0) is 0 Å². The minimum absolute atomic E-state index is 0.866. The molecule has 0 saturated carbocycles. The number of nitrogens with zero attached hydrogens (tertiary/aromatic N) is 2. The molecule has 3 heteroatoms. The first kappa shape index (κ1) is 39.0. The van der Waals surface area contributed by atoms with Gasteiger partial charge >= 0.3 is 0 Å². The maximum absolute atomic E-state index is 6.66. The van der Waals surface area contributed by atoms with E-state index in [0.29, 0.717) is 0 Å². The SMILES string of the molecule is c1ccc(-c2cc(-c3cc4ccccc4c4ccccc34)ccc2N(c2ccc(-c3cccc(-n4c5ccccc5c5ccccc54)c3)cc2)c2ccc3oc4c5ccccc5ccc4c3c2)cc1. The zero-order valence-electron chi connectivity index (χ0n) is 37.6. The first-order valence-electron chi connectivity index (χ1n) is 23.7. The molecule has 0 aliphatic carbocycles. The van der Waals surface area contributed by atoms with Crippen LogP contribution in [0.4, 0.5) is 17.1 Å². The predicted molar refractivity (Wildman–Crippen MR) is 292 cm³/mol. The monoisotopic (exact) mass is 878 g/mol. The second kappa shape index (κ2) is 15.7. The highest BCUT2D eigenvalue weighted by Crippen LogP contribution is 2.46. The van der Waals surface area contributed by atoms with Crippen LogP contribution < -0.4 is 4.90 Å². The molecule has 0 bridgehead atoms. The maximum Gasteiger partial charge on any atom is 0.143 e. The summed E-state index contributed by atoms with van der Waals surface area (Å²) in [6.45, 7) is 0. The van der Waals surface area contributed by atoms with Gasteiger partial charge in [0, 0.05) is 49.6 Å². The van der Waals surface area contributed by atoms with Crippen LogP contribution in [0.1, 0.15) is 0 Å². The number of rotatable bonds is 7. The first-order chi connectivity index (χ1) is 34.2. The lowest BCUT2D eigenvalue weighted by Gasteiger charge is -2.29. The fraction of sp³-hybridized carbons (Fsp3) is 0. The third kappa shape index (κ3) is 6.36. The number of aromatic nitrogens is 1. The van der Waals surface area contributed by atoms with E-state index in [1.807, 2.05) is 0 Å². The van der Waals surface area contributed by atoms with Crippen molar-refractivity contribution in [2.75, 3.05) is 4.90 Å². The molecule has 14 rings (SSSR count). The van der Waals surface area contributed by atoms with E-state index in [1.54, 1.807) is 0 Å². The first-order valence-corrected chi connectivity index (χ1v) is 23.7. The molecule has 0 radical (unpaired) electrons. The largest absolute Gasteiger partial charge is 0.455 e. The molecule has 14 aromatic rings. The van der Waals surface area contributed by atoms with Crippen molar-refractivity contribution in [3.63, 3.8) is 0 Å². The number of para-hydroxylation sites is 2. The fourth-order valence-corrected chi connectivity index (χ4v) is 10.9. The summed E-state index contributed by atoms with van der Waals surface area (Å²) in [6, 6.07) is 92.6. The van der Waals surface area contributed by atoms with Crippen LogP contribution in [0.15, 0.2) is 259 Å². The molecule has 0 aliphatic rings. The van der Waals surface area contributed by atoms with Gasteiger partial charge in [-0.15, -0.1) is 0 Å². The number of hydrogen-bond donors (Lipinski definition) is 0. The Morgan fingerprint density at radius 2 is 0.928 bits per heavy atom. The summed E-state index contributed by atoms with van der Waals surface area (Å²) in [5.74, 6) is 0. The topological polar surface area (TPSA) is 21.3 Å². The van der Waals surface area contributed by atoms with Gasteiger partial charge < -0.3 is 13.9 Å². The van der Waals surface area contributed by atoms with Crippen molar-refractivity contribution >= 4 is 93.1 Å². The molecule has 69 heavy (non-hydrogen) atoms. The van der Waals surface area contributed by atoms with Crippen molar-refractivity contribution in [3.8, 4) is 39.1 Å². The lowest BCUT2D eigenvalue weighted by atomic mass is 9.91. The van der Waals surface area contributed by atoms with Crippen molar-refractivity contribution in [1.82, 2.24) is 4.57 Å². The Labute approximate surface area is 399 Å². The molecular weight excluding hydrogens is 837 g/mol. The van der Waals surface area contributed by atoms with Crippen LogP contribution in [0, 0.1) is 0 Å². The number of furan rings is 1. The van der Waals surface area contributed by atoms with E-state index in [9.17, 15) is 0 Å². The van der Waals surface area contributed by atoms with Crippen LogP contribution in [0.5, 0.6) is 0 Å².